The molecule has 0 atom stereocenters. The number of hydrogen-bond donors (Lipinski definition) is 2. The molecule has 22 heavy (non-hydrogen) atoms. The summed E-state index contributed by atoms with van der Waals surface area (Å²) in [4.78, 5) is 26.5. The predicted molar refractivity (Wildman–Crippen MR) is 91.9 cm³/mol. The average molecular weight is 321 g/mol. The molecule has 2 aromatic rings. The SMILES string of the molecule is CC(C)(C)c1cc(=O)[nH]c2cc(NC(=O)CCCCl)ccc12. The minimum absolute atomic E-state index is 0.0747. The minimum Gasteiger partial charge on any atom is -0.326 e. The van der Waals surface area contributed by atoms with Gasteiger partial charge in [-0.25, -0.2) is 0 Å². The fourth-order valence-corrected chi connectivity index (χ4v) is 2.54. The lowest BCUT2D eigenvalue weighted by atomic mass is 9.85. The van der Waals surface area contributed by atoms with Gasteiger partial charge in [0.1, 0.15) is 0 Å². The van der Waals surface area contributed by atoms with Crippen LogP contribution in [0.15, 0.2) is 29.1 Å². The van der Waals surface area contributed by atoms with Gasteiger partial charge in [0, 0.05) is 29.4 Å². The molecule has 1 aromatic carbocycles. The average Bonchev–Trinajstić information content (AvgIpc) is 2.42. The number of H-pyrrole nitrogens is 1. The molecular formula is C17H21ClN2O2. The largest absolute Gasteiger partial charge is 0.326 e. The van der Waals surface area contributed by atoms with Crippen molar-refractivity contribution < 1.29 is 4.79 Å². The van der Waals surface area contributed by atoms with E-state index in [1.807, 2.05) is 12.1 Å². The Hall–Kier alpha value is -1.81. The maximum Gasteiger partial charge on any atom is 0.248 e. The van der Waals surface area contributed by atoms with Crippen molar-refractivity contribution in [3.8, 4) is 0 Å². The quantitative estimate of drug-likeness (QED) is 0.842. The highest BCUT2D eigenvalue weighted by molar-refractivity contribution is 6.18. The van der Waals surface area contributed by atoms with Crippen LogP contribution in [0.2, 0.25) is 0 Å². The zero-order valence-electron chi connectivity index (χ0n) is 13.1. The highest BCUT2D eigenvalue weighted by Gasteiger charge is 2.18. The van der Waals surface area contributed by atoms with E-state index in [2.05, 4.69) is 31.1 Å². The Kier molecular flexibility index (Phi) is 4.91. The van der Waals surface area contributed by atoms with E-state index >= 15 is 0 Å². The maximum atomic E-state index is 11.9. The molecule has 0 unspecified atom stereocenters. The Balaban J connectivity index is 2.39. The lowest BCUT2D eigenvalue weighted by Gasteiger charge is -2.21. The number of aromatic nitrogens is 1. The molecule has 0 spiro atoms. The van der Waals surface area contributed by atoms with Crippen LogP contribution in [0.5, 0.6) is 0 Å². The highest BCUT2D eigenvalue weighted by atomic mass is 35.5. The smallest absolute Gasteiger partial charge is 0.248 e. The minimum atomic E-state index is -0.136. The van der Waals surface area contributed by atoms with Crippen LogP contribution in [0.25, 0.3) is 10.9 Å². The molecule has 1 amide bonds. The van der Waals surface area contributed by atoms with Gasteiger partial charge in [0.2, 0.25) is 11.5 Å². The third kappa shape index (κ3) is 3.89. The fourth-order valence-electron chi connectivity index (χ4n) is 2.41. The number of hydrogen-bond acceptors (Lipinski definition) is 2. The lowest BCUT2D eigenvalue weighted by Crippen LogP contribution is -2.17. The van der Waals surface area contributed by atoms with E-state index in [1.54, 1.807) is 12.1 Å². The summed E-state index contributed by atoms with van der Waals surface area (Å²) >= 11 is 5.58. The van der Waals surface area contributed by atoms with Crippen LogP contribution in [0.3, 0.4) is 0 Å². The van der Waals surface area contributed by atoms with Crippen LogP contribution in [-0.2, 0) is 10.2 Å². The third-order valence-electron chi connectivity index (χ3n) is 3.47. The molecule has 0 aliphatic heterocycles. The number of benzene rings is 1. The molecule has 118 valence electrons. The summed E-state index contributed by atoms with van der Waals surface area (Å²) in [6.45, 7) is 6.22. The Labute approximate surface area is 134 Å². The number of amides is 1. The van der Waals surface area contributed by atoms with Crippen LogP contribution < -0.4 is 10.9 Å². The molecule has 1 aromatic heterocycles. The van der Waals surface area contributed by atoms with Crippen LogP contribution in [0.4, 0.5) is 5.69 Å². The summed E-state index contributed by atoms with van der Waals surface area (Å²) in [5.74, 6) is 0.391. The van der Waals surface area contributed by atoms with Crippen molar-refractivity contribution in [1.29, 1.82) is 0 Å². The number of rotatable bonds is 4. The Bertz CT molecular complexity index is 744. The van der Waals surface area contributed by atoms with Crippen LogP contribution in [-0.4, -0.2) is 16.8 Å². The topological polar surface area (TPSA) is 62.0 Å². The standard InChI is InChI=1S/C17H21ClN2O2/c1-17(2,3)13-10-16(22)20-14-9-11(6-7-12(13)14)19-15(21)5-4-8-18/h6-7,9-10H,4-5,8H2,1-3H3,(H,19,21)(H,20,22). The summed E-state index contributed by atoms with van der Waals surface area (Å²) in [6, 6.07) is 7.23. The summed E-state index contributed by atoms with van der Waals surface area (Å²) in [5, 5.41) is 3.82. The Morgan fingerprint density at radius 1 is 1.27 bits per heavy atom. The van der Waals surface area contributed by atoms with Crippen molar-refractivity contribution in [3.63, 3.8) is 0 Å². The monoisotopic (exact) mass is 320 g/mol. The van der Waals surface area contributed by atoms with Crippen LogP contribution >= 0.6 is 11.6 Å². The fraction of sp³-hybridized carbons (Fsp3) is 0.412. The molecule has 0 radical (unpaired) electrons. The number of halogens is 1. The third-order valence-corrected chi connectivity index (χ3v) is 3.74. The molecule has 0 aliphatic carbocycles. The van der Waals surface area contributed by atoms with Crippen molar-refractivity contribution in [2.75, 3.05) is 11.2 Å². The van der Waals surface area contributed by atoms with Gasteiger partial charge in [0.25, 0.3) is 0 Å². The van der Waals surface area contributed by atoms with E-state index < -0.39 is 0 Å². The van der Waals surface area contributed by atoms with E-state index in [-0.39, 0.29) is 16.9 Å². The van der Waals surface area contributed by atoms with Gasteiger partial charge in [-0.1, -0.05) is 26.8 Å². The first-order valence-corrected chi connectivity index (χ1v) is 7.88. The van der Waals surface area contributed by atoms with Gasteiger partial charge in [0.15, 0.2) is 0 Å². The molecule has 0 fully saturated rings. The van der Waals surface area contributed by atoms with Crippen molar-refractivity contribution >= 4 is 34.1 Å². The zero-order valence-corrected chi connectivity index (χ0v) is 13.9. The van der Waals surface area contributed by atoms with E-state index in [0.717, 1.165) is 16.5 Å². The Morgan fingerprint density at radius 3 is 2.64 bits per heavy atom. The van der Waals surface area contributed by atoms with E-state index in [9.17, 15) is 9.59 Å². The van der Waals surface area contributed by atoms with Gasteiger partial charge in [0.05, 0.1) is 5.52 Å². The van der Waals surface area contributed by atoms with Crippen molar-refractivity contribution in [1.82, 2.24) is 4.98 Å². The normalized spacial score (nSPS) is 11.6. The zero-order chi connectivity index (χ0) is 16.3. The Morgan fingerprint density at radius 2 is 2.00 bits per heavy atom. The first-order chi connectivity index (χ1) is 10.3. The van der Waals surface area contributed by atoms with Crippen molar-refractivity contribution in [2.24, 2.45) is 0 Å². The molecule has 0 saturated carbocycles. The number of nitrogens with one attached hydrogen (secondary N) is 2. The molecule has 1 heterocycles. The highest BCUT2D eigenvalue weighted by Crippen LogP contribution is 2.29. The number of aromatic amines is 1. The number of alkyl halides is 1. The number of fused-ring (bicyclic) bond motifs is 1. The number of carbonyl (C=O) groups excluding carboxylic acids is 1. The van der Waals surface area contributed by atoms with E-state index in [4.69, 9.17) is 11.6 Å². The van der Waals surface area contributed by atoms with Gasteiger partial charge >= 0.3 is 0 Å². The second-order valence-corrected chi connectivity index (χ2v) is 6.78. The molecular weight excluding hydrogens is 300 g/mol. The summed E-state index contributed by atoms with van der Waals surface area (Å²) in [5.41, 5.74) is 2.13. The summed E-state index contributed by atoms with van der Waals surface area (Å²) < 4.78 is 0. The first kappa shape index (κ1) is 16.6. The van der Waals surface area contributed by atoms with E-state index in [0.29, 0.717) is 24.4 Å². The maximum absolute atomic E-state index is 11.9. The molecule has 2 rings (SSSR count). The molecule has 0 aliphatic rings. The number of anilines is 1. The molecule has 5 heteroatoms. The number of pyridine rings is 1. The summed E-state index contributed by atoms with van der Waals surface area (Å²) in [7, 11) is 0. The van der Waals surface area contributed by atoms with Gasteiger partial charge in [-0.05, 0) is 29.5 Å². The van der Waals surface area contributed by atoms with Gasteiger partial charge in [-0.3, -0.25) is 9.59 Å². The van der Waals surface area contributed by atoms with Crippen molar-refractivity contribution in [3.05, 3.63) is 40.2 Å². The van der Waals surface area contributed by atoms with Crippen molar-refractivity contribution in [2.45, 2.75) is 39.0 Å². The summed E-state index contributed by atoms with van der Waals surface area (Å²) in [6.07, 6.45) is 1.03. The lowest BCUT2D eigenvalue weighted by molar-refractivity contribution is -0.116. The van der Waals surface area contributed by atoms with Crippen LogP contribution in [0, 0.1) is 0 Å². The van der Waals surface area contributed by atoms with Gasteiger partial charge in [-0.15, -0.1) is 11.6 Å². The van der Waals surface area contributed by atoms with Crippen LogP contribution in [0.1, 0.15) is 39.2 Å². The second-order valence-electron chi connectivity index (χ2n) is 6.40. The van der Waals surface area contributed by atoms with Gasteiger partial charge < -0.3 is 10.3 Å². The molecule has 0 bridgehead atoms. The molecule has 4 nitrogen and oxygen atoms in total. The molecule has 0 saturated heterocycles. The van der Waals surface area contributed by atoms with E-state index in [1.165, 1.54) is 0 Å². The second kappa shape index (κ2) is 6.53. The van der Waals surface area contributed by atoms with Gasteiger partial charge in [-0.2, -0.15) is 0 Å². The number of carbonyl (C=O) groups is 1. The first-order valence-electron chi connectivity index (χ1n) is 7.34. The predicted octanol–water partition coefficient (Wildman–Crippen LogP) is 3.78. The molecule has 2 N–H and O–H groups in total.